The summed E-state index contributed by atoms with van der Waals surface area (Å²) >= 11 is 0. The molecule has 7 nitrogen and oxygen atoms in total. The molecule has 1 N–H and O–H groups in total. The first-order chi connectivity index (χ1) is 18.8. The lowest BCUT2D eigenvalue weighted by Crippen LogP contribution is -2.63. The highest BCUT2D eigenvalue weighted by Gasteiger charge is 2.76. The molecule has 0 bridgehead atoms. The number of hydrogen-bond acceptors (Lipinski definition) is 6. The van der Waals surface area contributed by atoms with Crippen LogP contribution in [-0.2, 0) is 27.5 Å². The molecule has 3 rings (SSSR count). The number of ether oxygens (including phenoxy) is 2. The highest BCUT2D eigenvalue weighted by Crippen LogP contribution is 2.47. The lowest BCUT2D eigenvalue weighted by molar-refractivity contribution is -0.356. The van der Waals surface area contributed by atoms with Crippen LogP contribution in [0.2, 0.25) is 0 Å². The Hall–Kier alpha value is -3.52. The fourth-order valence-electron chi connectivity index (χ4n) is 3.94. The first-order valence-electron chi connectivity index (χ1n) is 11.4. The van der Waals surface area contributed by atoms with E-state index in [9.17, 15) is 44.3 Å². The minimum atomic E-state index is -6.46. The Morgan fingerprint density at radius 3 is 1.78 bits per heavy atom. The highest BCUT2D eigenvalue weighted by molar-refractivity contribution is 7.85. The maximum atomic E-state index is 13.5. The summed E-state index contributed by atoms with van der Waals surface area (Å²) in [4.78, 5) is 25.2. The average molecular weight is 598 g/mol. The van der Waals surface area contributed by atoms with Crippen LogP contribution in [0.4, 0.5) is 26.3 Å². The molecule has 41 heavy (non-hydrogen) atoms. The van der Waals surface area contributed by atoms with Gasteiger partial charge in [0, 0.05) is 0 Å². The van der Waals surface area contributed by atoms with Gasteiger partial charge in [-0.25, -0.2) is 9.59 Å². The van der Waals surface area contributed by atoms with E-state index in [0.29, 0.717) is 11.1 Å². The van der Waals surface area contributed by atoms with Gasteiger partial charge in [-0.2, -0.15) is 34.8 Å². The molecule has 214 valence electrons. The van der Waals surface area contributed by atoms with E-state index in [4.69, 9.17) is 25.0 Å². The zero-order chi connectivity index (χ0) is 31.0. The van der Waals surface area contributed by atoms with Crippen LogP contribution in [0, 0.1) is 6.92 Å². The van der Waals surface area contributed by atoms with Gasteiger partial charge in [-0.1, -0.05) is 42.5 Å². The highest BCUT2D eigenvalue weighted by atomic mass is 32.2. The molecule has 0 spiro atoms. The van der Waals surface area contributed by atoms with Gasteiger partial charge in [-0.3, -0.25) is 4.55 Å². The number of rotatable bonds is 8. The van der Waals surface area contributed by atoms with E-state index in [1.54, 1.807) is 19.1 Å². The van der Waals surface area contributed by atoms with Crippen molar-refractivity contribution in [3.8, 4) is 5.75 Å². The number of carbonyl (C=O) groups excluding carboxylic acids is 2. The minimum Gasteiger partial charge on any atom is -0.435 e. The second kappa shape index (κ2) is 11.4. The molecule has 0 fully saturated rings. The van der Waals surface area contributed by atoms with Crippen molar-refractivity contribution in [1.82, 2.24) is 0 Å². The zero-order valence-corrected chi connectivity index (χ0v) is 21.8. The van der Waals surface area contributed by atoms with Gasteiger partial charge in [0.1, 0.15) is 11.5 Å². The third-order valence-corrected chi connectivity index (χ3v) is 6.71. The molecule has 0 aromatic heterocycles. The molecule has 0 unspecified atom stereocenters. The second-order valence-electron chi connectivity index (χ2n) is 8.91. The van der Waals surface area contributed by atoms with Gasteiger partial charge in [-0.15, -0.1) is 0 Å². The molecule has 0 amide bonds. The largest absolute Gasteiger partial charge is 0.438 e. The van der Waals surface area contributed by atoms with Crippen molar-refractivity contribution in [2.75, 3.05) is 5.75 Å². The average Bonchev–Trinajstić information content (AvgIpc) is 2.86. The fourth-order valence-corrected chi connectivity index (χ4v) is 4.84. The molecule has 3 aromatic carbocycles. The Labute approximate surface area is 232 Å². The van der Waals surface area contributed by atoms with Crippen LogP contribution in [0.5, 0.6) is 5.75 Å². The summed E-state index contributed by atoms with van der Waals surface area (Å²) in [5.41, 5.74) is -4.46. The van der Waals surface area contributed by atoms with E-state index in [1.165, 1.54) is 18.2 Å². The van der Waals surface area contributed by atoms with Crippen LogP contribution >= 0.6 is 0 Å². The Bertz CT molecular complexity index is 1590. The number of benzene rings is 3. The van der Waals surface area contributed by atoms with Gasteiger partial charge >= 0.3 is 29.9 Å². The Morgan fingerprint density at radius 1 is 0.829 bits per heavy atom. The van der Waals surface area contributed by atoms with Gasteiger partial charge in [0.15, 0.2) is 0 Å². The van der Waals surface area contributed by atoms with Crippen molar-refractivity contribution in [1.29, 1.82) is 0 Å². The van der Waals surface area contributed by atoms with Crippen LogP contribution in [0.25, 0.3) is 10.8 Å². The van der Waals surface area contributed by atoms with Crippen molar-refractivity contribution in [2.45, 2.75) is 37.5 Å². The van der Waals surface area contributed by atoms with Gasteiger partial charge in [0.2, 0.25) is 0 Å². The van der Waals surface area contributed by atoms with Crippen molar-refractivity contribution < 1.29 is 58.4 Å². The molecule has 0 aliphatic rings. The number of aryl methyl sites for hydroxylation is 1. The molecule has 0 atom stereocenters. The number of hydrogen-bond donors (Lipinski definition) is 1. The summed E-state index contributed by atoms with van der Waals surface area (Å²) in [6.45, 7) is 1.68. The summed E-state index contributed by atoms with van der Waals surface area (Å²) < 4.78 is 121. The number of carbonyl (C=O) groups is 2. The predicted molar refractivity (Wildman–Crippen MR) is 136 cm³/mol. The summed E-state index contributed by atoms with van der Waals surface area (Å²) in [7, 11) is 5.47. The standard InChI is InChI=1S/C25H18B2F6O7S/c1-13-6-14(10-26)7-19(11-27)20(13)39-21(34)17-4-2-16-9-18(5-3-15(16)8-17)22(35)40-23(24(28,29)30,25(31,32)33)12-41(36,37)38/h2-9H,10-12H2,1H3,(H,36,37,38). The van der Waals surface area contributed by atoms with E-state index < -0.39 is 51.3 Å². The summed E-state index contributed by atoms with van der Waals surface area (Å²) in [6.07, 6.45) is -12.6. The molecule has 0 saturated heterocycles. The van der Waals surface area contributed by atoms with Gasteiger partial charge in [0.25, 0.3) is 10.1 Å². The smallest absolute Gasteiger partial charge is 0.435 e. The van der Waals surface area contributed by atoms with Crippen LogP contribution in [0.3, 0.4) is 0 Å². The van der Waals surface area contributed by atoms with Gasteiger partial charge in [-0.05, 0) is 53.1 Å². The van der Waals surface area contributed by atoms with Crippen LogP contribution in [-0.4, -0.2) is 64.3 Å². The van der Waals surface area contributed by atoms with Crippen LogP contribution < -0.4 is 4.74 Å². The van der Waals surface area contributed by atoms with E-state index in [1.807, 2.05) is 0 Å². The first-order valence-corrected chi connectivity index (χ1v) is 13.0. The van der Waals surface area contributed by atoms with E-state index >= 15 is 0 Å². The number of alkyl halides is 6. The Balaban J connectivity index is 1.93. The molecule has 0 aliphatic carbocycles. The maximum Gasteiger partial charge on any atom is 0.438 e. The molecule has 16 heteroatoms. The van der Waals surface area contributed by atoms with Crippen LogP contribution in [0.15, 0.2) is 48.5 Å². The Kier molecular flexibility index (Phi) is 8.89. The first kappa shape index (κ1) is 32.0. The van der Waals surface area contributed by atoms with E-state index in [0.717, 1.165) is 23.8 Å². The lowest BCUT2D eigenvalue weighted by atomic mass is 9.89. The molecular formula is C25H18B2F6O7S. The molecular weight excluding hydrogens is 580 g/mol. The molecule has 0 saturated carbocycles. The Morgan fingerprint density at radius 2 is 1.34 bits per heavy atom. The number of esters is 2. The van der Waals surface area contributed by atoms with E-state index in [-0.39, 0.29) is 34.7 Å². The van der Waals surface area contributed by atoms with Gasteiger partial charge < -0.3 is 9.47 Å². The molecule has 4 radical (unpaired) electrons. The lowest BCUT2D eigenvalue weighted by Gasteiger charge is -2.35. The molecule has 0 aliphatic heterocycles. The maximum absolute atomic E-state index is 13.5. The topological polar surface area (TPSA) is 107 Å². The zero-order valence-electron chi connectivity index (χ0n) is 21.0. The number of halogens is 6. The van der Waals surface area contributed by atoms with Crippen molar-refractivity contribution in [3.05, 3.63) is 76.3 Å². The quantitative estimate of drug-likeness (QED) is 0.133. The van der Waals surface area contributed by atoms with Crippen molar-refractivity contribution >= 4 is 48.5 Å². The third-order valence-electron chi connectivity index (χ3n) is 5.94. The van der Waals surface area contributed by atoms with Crippen LogP contribution in [0.1, 0.15) is 37.4 Å². The van der Waals surface area contributed by atoms with Crippen molar-refractivity contribution in [3.63, 3.8) is 0 Å². The fraction of sp³-hybridized carbons (Fsp3) is 0.280. The normalized spacial score (nSPS) is 12.8. The summed E-state index contributed by atoms with van der Waals surface area (Å²) in [5, 5.41) is 0.336. The SMILES string of the molecule is [B]Cc1cc(C)c(OC(=O)c2ccc3cc(C(=O)OC(CS(=O)(=O)O)(C(F)(F)F)C(F)(F)F)ccc3c2)c(C[B])c1. The predicted octanol–water partition coefficient (Wildman–Crippen LogP) is 4.61. The van der Waals surface area contributed by atoms with Gasteiger partial charge in [0.05, 0.1) is 26.8 Å². The van der Waals surface area contributed by atoms with Crippen molar-refractivity contribution in [2.24, 2.45) is 0 Å². The molecule has 0 heterocycles. The monoisotopic (exact) mass is 598 g/mol. The molecule has 3 aromatic rings. The number of fused-ring (bicyclic) bond motifs is 1. The van der Waals surface area contributed by atoms with E-state index in [2.05, 4.69) is 4.74 Å². The second-order valence-corrected chi connectivity index (χ2v) is 10.4. The minimum absolute atomic E-state index is 0.0133. The summed E-state index contributed by atoms with van der Waals surface area (Å²) in [6, 6.07) is 9.97. The third kappa shape index (κ3) is 6.87. The summed E-state index contributed by atoms with van der Waals surface area (Å²) in [5.74, 6) is -5.76.